The van der Waals surface area contributed by atoms with Crippen molar-refractivity contribution in [3.05, 3.63) is 0 Å². The van der Waals surface area contributed by atoms with E-state index in [4.69, 9.17) is 18.0 Å². The van der Waals surface area contributed by atoms with Gasteiger partial charge in [0.15, 0.2) is 9.84 Å². The van der Waals surface area contributed by atoms with Gasteiger partial charge in [0.1, 0.15) is 0 Å². The predicted molar refractivity (Wildman–Crippen MR) is 68.2 cm³/mol. The van der Waals surface area contributed by atoms with Crippen LogP contribution in [0.25, 0.3) is 0 Å². The highest BCUT2D eigenvalue weighted by molar-refractivity contribution is 7.91. The molecule has 1 heterocycles. The summed E-state index contributed by atoms with van der Waals surface area (Å²) in [5, 5.41) is 2.78. The summed E-state index contributed by atoms with van der Waals surface area (Å²) in [7, 11) is -2.88. The molecule has 0 aromatic carbocycles. The van der Waals surface area contributed by atoms with Crippen molar-refractivity contribution >= 4 is 33.0 Å². The van der Waals surface area contributed by atoms with Crippen molar-refractivity contribution in [2.75, 3.05) is 18.1 Å². The van der Waals surface area contributed by atoms with Crippen LogP contribution in [0.4, 0.5) is 0 Å². The van der Waals surface area contributed by atoms with Crippen molar-refractivity contribution in [3.63, 3.8) is 0 Å². The zero-order valence-corrected chi connectivity index (χ0v) is 11.1. The molecule has 2 rings (SSSR count). The summed E-state index contributed by atoms with van der Waals surface area (Å²) in [4.78, 5) is 12.1. The van der Waals surface area contributed by atoms with E-state index in [9.17, 15) is 13.2 Å². The molecule has 3 N–H and O–H groups in total. The Bertz CT molecular complexity index is 454. The molecule has 1 atom stereocenters. The standard InChI is InChI=1S/C10H16N2O3S2/c11-8(16)10(2-3-10)9(13)12-5-7-1-4-17(14,15)6-7/h7H,1-6H2,(H2,11,16)(H,12,13). The van der Waals surface area contributed by atoms with Crippen LogP contribution in [0.3, 0.4) is 0 Å². The van der Waals surface area contributed by atoms with Crippen LogP contribution in [0.2, 0.25) is 0 Å². The average Bonchev–Trinajstić information content (AvgIpc) is 2.97. The molecule has 1 unspecified atom stereocenters. The lowest BCUT2D eigenvalue weighted by molar-refractivity contribution is -0.124. The smallest absolute Gasteiger partial charge is 0.233 e. The number of hydrogen-bond donors (Lipinski definition) is 2. The first kappa shape index (κ1) is 12.8. The Labute approximate surface area is 106 Å². The molecule has 0 bridgehead atoms. The van der Waals surface area contributed by atoms with Gasteiger partial charge in [-0.25, -0.2) is 8.42 Å². The highest BCUT2D eigenvalue weighted by Crippen LogP contribution is 2.46. The molecule has 2 fully saturated rings. The molecule has 1 saturated carbocycles. The van der Waals surface area contributed by atoms with Crippen LogP contribution in [0.5, 0.6) is 0 Å². The maximum Gasteiger partial charge on any atom is 0.233 e. The fourth-order valence-corrected chi connectivity index (χ4v) is 4.31. The first-order valence-electron chi connectivity index (χ1n) is 5.64. The second kappa shape index (κ2) is 4.20. The van der Waals surface area contributed by atoms with Crippen LogP contribution >= 0.6 is 12.2 Å². The van der Waals surface area contributed by atoms with Gasteiger partial charge in [-0.05, 0) is 25.2 Å². The Balaban J connectivity index is 1.84. The second-order valence-corrected chi connectivity index (χ2v) is 7.59. The summed E-state index contributed by atoms with van der Waals surface area (Å²) in [6.45, 7) is 0.405. The summed E-state index contributed by atoms with van der Waals surface area (Å²) in [6, 6.07) is 0. The van der Waals surface area contributed by atoms with E-state index >= 15 is 0 Å². The van der Waals surface area contributed by atoms with E-state index in [-0.39, 0.29) is 28.3 Å². The first-order valence-corrected chi connectivity index (χ1v) is 7.87. The molecular weight excluding hydrogens is 260 g/mol. The number of sulfone groups is 1. The summed E-state index contributed by atoms with van der Waals surface area (Å²) >= 11 is 4.88. The largest absolute Gasteiger partial charge is 0.392 e. The lowest BCUT2D eigenvalue weighted by atomic mass is 10.1. The van der Waals surface area contributed by atoms with E-state index in [1.807, 2.05) is 0 Å². The van der Waals surface area contributed by atoms with Gasteiger partial charge in [-0.3, -0.25) is 4.79 Å². The summed E-state index contributed by atoms with van der Waals surface area (Å²) < 4.78 is 22.5. The topological polar surface area (TPSA) is 89.3 Å². The van der Waals surface area contributed by atoms with Crippen LogP contribution in [0.1, 0.15) is 19.3 Å². The number of carbonyl (C=O) groups is 1. The van der Waals surface area contributed by atoms with Crippen LogP contribution in [-0.4, -0.2) is 37.4 Å². The molecule has 0 aromatic heterocycles. The van der Waals surface area contributed by atoms with Crippen LogP contribution in [-0.2, 0) is 14.6 Å². The van der Waals surface area contributed by atoms with Crippen LogP contribution in [0, 0.1) is 11.3 Å². The minimum atomic E-state index is -2.88. The number of hydrogen-bond acceptors (Lipinski definition) is 4. The van der Waals surface area contributed by atoms with Crippen molar-refractivity contribution in [3.8, 4) is 0 Å². The van der Waals surface area contributed by atoms with Gasteiger partial charge in [0.05, 0.1) is 21.9 Å². The molecule has 5 nitrogen and oxygen atoms in total. The Morgan fingerprint density at radius 3 is 2.53 bits per heavy atom. The van der Waals surface area contributed by atoms with Crippen molar-refractivity contribution < 1.29 is 13.2 Å². The Morgan fingerprint density at radius 1 is 1.47 bits per heavy atom. The van der Waals surface area contributed by atoms with E-state index in [0.29, 0.717) is 25.8 Å². The molecule has 1 aliphatic carbocycles. The summed E-state index contributed by atoms with van der Waals surface area (Å²) in [6.07, 6.45) is 2.04. The normalized spacial score (nSPS) is 28.6. The molecule has 0 aromatic rings. The number of carbonyl (C=O) groups excluding carboxylic acids is 1. The molecule has 0 spiro atoms. The van der Waals surface area contributed by atoms with E-state index in [1.54, 1.807) is 0 Å². The van der Waals surface area contributed by atoms with Crippen LogP contribution in [0.15, 0.2) is 0 Å². The van der Waals surface area contributed by atoms with Gasteiger partial charge in [0.25, 0.3) is 0 Å². The molecule has 1 amide bonds. The van der Waals surface area contributed by atoms with Crippen molar-refractivity contribution in [2.45, 2.75) is 19.3 Å². The van der Waals surface area contributed by atoms with E-state index in [1.165, 1.54) is 0 Å². The average molecular weight is 276 g/mol. The van der Waals surface area contributed by atoms with Gasteiger partial charge in [-0.15, -0.1) is 0 Å². The van der Waals surface area contributed by atoms with E-state index in [2.05, 4.69) is 5.32 Å². The third-order valence-electron chi connectivity index (χ3n) is 3.53. The fourth-order valence-electron chi connectivity index (χ4n) is 2.15. The molecule has 7 heteroatoms. The Hall–Kier alpha value is -0.690. The van der Waals surface area contributed by atoms with Gasteiger partial charge < -0.3 is 11.1 Å². The molecular formula is C10H16N2O3S2. The predicted octanol–water partition coefficient (Wildman–Crippen LogP) is -0.396. The zero-order chi connectivity index (χ0) is 12.7. The van der Waals surface area contributed by atoms with Crippen LogP contribution < -0.4 is 11.1 Å². The minimum Gasteiger partial charge on any atom is -0.392 e. The van der Waals surface area contributed by atoms with Crippen molar-refractivity contribution in [2.24, 2.45) is 17.1 Å². The molecule has 1 aliphatic heterocycles. The van der Waals surface area contributed by atoms with Gasteiger partial charge in [0.2, 0.25) is 5.91 Å². The van der Waals surface area contributed by atoms with Gasteiger partial charge in [-0.2, -0.15) is 0 Å². The number of nitrogens with one attached hydrogen (secondary N) is 1. The highest BCUT2D eigenvalue weighted by atomic mass is 32.2. The molecule has 2 aliphatic rings. The summed E-state index contributed by atoms with van der Waals surface area (Å²) in [5.41, 5.74) is 4.89. The number of rotatable bonds is 4. The zero-order valence-electron chi connectivity index (χ0n) is 9.44. The summed E-state index contributed by atoms with van der Waals surface area (Å²) in [5.74, 6) is 0.293. The molecule has 96 valence electrons. The van der Waals surface area contributed by atoms with Crippen molar-refractivity contribution in [1.29, 1.82) is 0 Å². The Morgan fingerprint density at radius 2 is 2.12 bits per heavy atom. The van der Waals surface area contributed by atoms with Gasteiger partial charge >= 0.3 is 0 Å². The second-order valence-electron chi connectivity index (χ2n) is 4.93. The van der Waals surface area contributed by atoms with E-state index in [0.717, 1.165) is 0 Å². The first-order chi connectivity index (χ1) is 7.86. The third kappa shape index (κ3) is 2.60. The SMILES string of the molecule is NC(=S)C1(C(=O)NCC2CCS(=O)(=O)C2)CC1. The monoisotopic (exact) mass is 276 g/mol. The maximum atomic E-state index is 11.9. The van der Waals surface area contributed by atoms with E-state index < -0.39 is 15.3 Å². The third-order valence-corrected chi connectivity index (χ3v) is 5.76. The highest BCUT2D eigenvalue weighted by Gasteiger charge is 2.52. The number of amides is 1. The Kier molecular flexibility index (Phi) is 3.15. The number of nitrogens with two attached hydrogens (primary N) is 1. The fraction of sp³-hybridized carbons (Fsp3) is 0.800. The quantitative estimate of drug-likeness (QED) is 0.682. The minimum absolute atomic E-state index is 0.0334. The number of thiocarbonyl (C=S) groups is 1. The van der Waals surface area contributed by atoms with Gasteiger partial charge in [-0.1, -0.05) is 12.2 Å². The van der Waals surface area contributed by atoms with Crippen molar-refractivity contribution in [1.82, 2.24) is 5.32 Å². The van der Waals surface area contributed by atoms with Gasteiger partial charge in [0, 0.05) is 6.54 Å². The molecule has 1 saturated heterocycles. The lowest BCUT2D eigenvalue weighted by Crippen LogP contribution is -2.41. The molecule has 0 radical (unpaired) electrons. The maximum absolute atomic E-state index is 11.9. The molecule has 17 heavy (non-hydrogen) atoms. The lowest BCUT2D eigenvalue weighted by Gasteiger charge is -2.15.